The zero-order valence-electron chi connectivity index (χ0n) is 12.6. The minimum absolute atomic E-state index is 0.589. The first-order valence-corrected chi connectivity index (χ1v) is 8.16. The number of hydrogen-bond acceptors (Lipinski definition) is 5. The fraction of sp³-hybridized carbons (Fsp3) is 0.118. The Balaban J connectivity index is 2.07. The van der Waals surface area contributed by atoms with Crippen LogP contribution in [0.1, 0.15) is 5.56 Å². The maximum atomic E-state index is 5.95. The molecule has 0 radical (unpaired) electrons. The van der Waals surface area contributed by atoms with E-state index in [4.69, 9.17) is 11.5 Å². The molecule has 0 bridgehead atoms. The van der Waals surface area contributed by atoms with Gasteiger partial charge in [-0.25, -0.2) is 0 Å². The Kier molecular flexibility index (Phi) is 3.81. The molecule has 0 fully saturated rings. The normalized spacial score (nSPS) is 10.8. The molecule has 5 N–H and O–H groups in total. The number of benzene rings is 2. The Bertz CT molecular complexity index is 822. The van der Waals surface area contributed by atoms with Gasteiger partial charge < -0.3 is 16.8 Å². The zero-order valence-corrected chi connectivity index (χ0v) is 13.4. The maximum Gasteiger partial charge on any atom is 0.0723 e. The van der Waals surface area contributed by atoms with Gasteiger partial charge in [0.1, 0.15) is 0 Å². The third-order valence-electron chi connectivity index (χ3n) is 3.65. The van der Waals surface area contributed by atoms with Crippen molar-refractivity contribution in [2.24, 2.45) is 0 Å². The van der Waals surface area contributed by atoms with Crippen molar-refractivity contribution in [3.8, 4) is 0 Å². The molecular weight excluding hydrogens is 292 g/mol. The molecule has 2 aromatic carbocycles. The van der Waals surface area contributed by atoms with Crippen LogP contribution in [-0.4, -0.2) is 11.2 Å². The van der Waals surface area contributed by atoms with Crippen molar-refractivity contribution in [3.63, 3.8) is 0 Å². The van der Waals surface area contributed by atoms with Gasteiger partial charge in [-0.05, 0) is 55.1 Å². The number of thioether (sulfide) groups is 1. The van der Waals surface area contributed by atoms with E-state index in [1.807, 2.05) is 31.2 Å². The zero-order chi connectivity index (χ0) is 15.7. The van der Waals surface area contributed by atoms with Crippen molar-refractivity contribution in [2.75, 3.05) is 23.0 Å². The van der Waals surface area contributed by atoms with Crippen LogP contribution in [-0.2, 0) is 0 Å². The molecule has 0 spiro atoms. The van der Waals surface area contributed by atoms with E-state index < -0.39 is 0 Å². The monoisotopic (exact) mass is 310 g/mol. The third-order valence-corrected chi connectivity index (χ3v) is 4.37. The molecule has 0 unspecified atom stereocenters. The second-order valence-electron chi connectivity index (χ2n) is 5.16. The summed E-state index contributed by atoms with van der Waals surface area (Å²) in [5, 5.41) is 4.51. The van der Waals surface area contributed by atoms with Crippen LogP contribution in [0.5, 0.6) is 0 Å². The number of pyridine rings is 1. The molecule has 0 saturated carbocycles. The first-order chi connectivity index (χ1) is 10.6. The fourth-order valence-electron chi connectivity index (χ4n) is 2.41. The molecule has 3 rings (SSSR count). The van der Waals surface area contributed by atoms with E-state index in [0.717, 1.165) is 27.8 Å². The predicted octanol–water partition coefficient (Wildman–Crippen LogP) is 4.17. The summed E-state index contributed by atoms with van der Waals surface area (Å²) in [6.07, 6.45) is 3.87. The van der Waals surface area contributed by atoms with Crippen molar-refractivity contribution in [1.82, 2.24) is 4.98 Å². The Morgan fingerprint density at radius 2 is 1.91 bits per heavy atom. The Morgan fingerprint density at radius 1 is 1.09 bits per heavy atom. The summed E-state index contributed by atoms with van der Waals surface area (Å²) in [5.74, 6) is 0. The smallest absolute Gasteiger partial charge is 0.0723 e. The summed E-state index contributed by atoms with van der Waals surface area (Å²) in [4.78, 5) is 5.62. The molecule has 1 aromatic heterocycles. The van der Waals surface area contributed by atoms with Crippen LogP contribution in [0.25, 0.3) is 10.9 Å². The number of nitrogen functional groups attached to an aromatic ring is 2. The van der Waals surface area contributed by atoms with Crippen molar-refractivity contribution in [1.29, 1.82) is 0 Å². The molecule has 5 heteroatoms. The topological polar surface area (TPSA) is 77.0 Å². The standard InChI is InChI=1S/C17H18N4S/c1-10-7-11(8-14(18)17(10)19)21-16-5-6-20-15-4-3-12(22-2)9-13(15)16/h3-9H,18-19H2,1-2H3,(H,20,21). The van der Waals surface area contributed by atoms with Crippen LogP contribution in [0, 0.1) is 6.92 Å². The van der Waals surface area contributed by atoms with Crippen LogP contribution in [0.3, 0.4) is 0 Å². The number of fused-ring (bicyclic) bond motifs is 1. The first kappa shape index (κ1) is 14.5. The summed E-state index contributed by atoms with van der Waals surface area (Å²) < 4.78 is 0. The van der Waals surface area contributed by atoms with E-state index in [-0.39, 0.29) is 0 Å². The van der Waals surface area contributed by atoms with E-state index in [9.17, 15) is 0 Å². The predicted molar refractivity (Wildman–Crippen MR) is 96.8 cm³/mol. The van der Waals surface area contributed by atoms with E-state index >= 15 is 0 Å². The van der Waals surface area contributed by atoms with Crippen molar-refractivity contribution in [3.05, 3.63) is 48.2 Å². The highest BCUT2D eigenvalue weighted by Crippen LogP contribution is 2.31. The lowest BCUT2D eigenvalue weighted by atomic mass is 10.1. The highest BCUT2D eigenvalue weighted by atomic mass is 32.2. The number of anilines is 4. The van der Waals surface area contributed by atoms with Gasteiger partial charge in [-0.3, -0.25) is 4.98 Å². The van der Waals surface area contributed by atoms with Gasteiger partial charge in [0, 0.05) is 27.9 Å². The van der Waals surface area contributed by atoms with Gasteiger partial charge in [-0.15, -0.1) is 11.8 Å². The summed E-state index contributed by atoms with van der Waals surface area (Å²) in [6.45, 7) is 1.95. The molecule has 0 amide bonds. The van der Waals surface area contributed by atoms with Crippen LogP contribution in [0.4, 0.5) is 22.7 Å². The van der Waals surface area contributed by atoms with Crippen LogP contribution in [0.15, 0.2) is 47.5 Å². The number of nitrogens with zero attached hydrogens (tertiary/aromatic N) is 1. The van der Waals surface area contributed by atoms with Crippen molar-refractivity contribution < 1.29 is 0 Å². The van der Waals surface area contributed by atoms with E-state index in [1.54, 1.807) is 18.0 Å². The lowest BCUT2D eigenvalue weighted by molar-refractivity contribution is 1.38. The average Bonchev–Trinajstić information content (AvgIpc) is 2.52. The molecule has 0 atom stereocenters. The number of rotatable bonds is 3. The number of aryl methyl sites for hydroxylation is 1. The Morgan fingerprint density at radius 3 is 2.64 bits per heavy atom. The number of nitrogens with two attached hydrogens (primary N) is 2. The van der Waals surface area contributed by atoms with Crippen LogP contribution in [0.2, 0.25) is 0 Å². The van der Waals surface area contributed by atoms with E-state index in [2.05, 4.69) is 28.7 Å². The van der Waals surface area contributed by atoms with E-state index in [1.165, 1.54) is 4.90 Å². The summed E-state index contributed by atoms with van der Waals surface area (Å²) in [6, 6.07) is 12.1. The van der Waals surface area contributed by atoms with Crippen molar-refractivity contribution >= 4 is 45.4 Å². The van der Waals surface area contributed by atoms with Gasteiger partial charge in [0.2, 0.25) is 0 Å². The average molecular weight is 310 g/mol. The molecule has 0 saturated heterocycles. The van der Waals surface area contributed by atoms with Gasteiger partial charge in [-0.1, -0.05) is 0 Å². The quantitative estimate of drug-likeness (QED) is 0.500. The second-order valence-corrected chi connectivity index (χ2v) is 6.04. The van der Waals surface area contributed by atoms with Crippen LogP contribution < -0.4 is 16.8 Å². The molecule has 0 aliphatic rings. The molecule has 22 heavy (non-hydrogen) atoms. The van der Waals surface area contributed by atoms with Crippen molar-refractivity contribution in [2.45, 2.75) is 11.8 Å². The molecule has 112 valence electrons. The van der Waals surface area contributed by atoms with Gasteiger partial charge in [0.25, 0.3) is 0 Å². The highest BCUT2D eigenvalue weighted by molar-refractivity contribution is 7.98. The van der Waals surface area contributed by atoms with Gasteiger partial charge in [0.05, 0.1) is 16.9 Å². The minimum Gasteiger partial charge on any atom is -0.397 e. The fourth-order valence-corrected chi connectivity index (χ4v) is 2.85. The molecule has 0 aliphatic carbocycles. The molecule has 1 heterocycles. The summed E-state index contributed by atoms with van der Waals surface area (Å²) in [7, 11) is 0. The summed E-state index contributed by atoms with van der Waals surface area (Å²) in [5.41, 5.74) is 16.9. The second kappa shape index (κ2) is 5.77. The third kappa shape index (κ3) is 2.67. The SMILES string of the molecule is CSc1ccc2nccc(Nc3cc(C)c(N)c(N)c3)c2c1. The van der Waals surface area contributed by atoms with Gasteiger partial charge in [0.15, 0.2) is 0 Å². The maximum absolute atomic E-state index is 5.95. The van der Waals surface area contributed by atoms with Gasteiger partial charge in [-0.2, -0.15) is 0 Å². The first-order valence-electron chi connectivity index (χ1n) is 6.94. The molecule has 4 nitrogen and oxygen atoms in total. The number of hydrogen-bond donors (Lipinski definition) is 3. The molecule has 0 aliphatic heterocycles. The van der Waals surface area contributed by atoms with E-state index in [0.29, 0.717) is 11.4 Å². The highest BCUT2D eigenvalue weighted by Gasteiger charge is 2.06. The Labute approximate surface area is 133 Å². The minimum atomic E-state index is 0.589. The van der Waals surface area contributed by atoms with Gasteiger partial charge >= 0.3 is 0 Å². The molecular formula is C17H18N4S. The largest absolute Gasteiger partial charge is 0.397 e. The lowest BCUT2D eigenvalue weighted by Crippen LogP contribution is -2.00. The summed E-state index contributed by atoms with van der Waals surface area (Å²) >= 11 is 1.71. The molecule has 3 aromatic rings. The van der Waals surface area contributed by atoms with Crippen LogP contribution >= 0.6 is 11.8 Å². The number of aromatic nitrogens is 1. The lowest BCUT2D eigenvalue weighted by Gasteiger charge is -2.13. The number of nitrogens with one attached hydrogen (secondary N) is 1. The Hall–Kier alpha value is -2.40.